The third kappa shape index (κ3) is 2.42. The molecule has 0 N–H and O–H groups in total. The van der Waals surface area contributed by atoms with Gasteiger partial charge in [-0.05, 0) is 36.6 Å². The molecule has 2 radical (unpaired) electrons. The Bertz CT molecular complexity index is 720. The van der Waals surface area contributed by atoms with Crippen molar-refractivity contribution in [2.24, 2.45) is 17.8 Å². The van der Waals surface area contributed by atoms with E-state index in [1.807, 2.05) is 24.4 Å². The molecule has 4 aliphatic rings. The number of pyridine rings is 2. The molecule has 1 aliphatic carbocycles. The van der Waals surface area contributed by atoms with Crippen LogP contribution < -0.4 is 4.74 Å². The van der Waals surface area contributed by atoms with E-state index >= 15 is 0 Å². The summed E-state index contributed by atoms with van der Waals surface area (Å²) in [5, 5.41) is 0. The van der Waals surface area contributed by atoms with Gasteiger partial charge in [0.2, 0.25) is 5.88 Å². The summed E-state index contributed by atoms with van der Waals surface area (Å²) in [4.78, 5) is 8.60. The molecular formula is C19H21BN3O+. The summed E-state index contributed by atoms with van der Waals surface area (Å²) in [5.41, 5.74) is 2.22. The van der Waals surface area contributed by atoms with Crippen molar-refractivity contribution in [3.05, 3.63) is 42.9 Å². The van der Waals surface area contributed by atoms with Crippen molar-refractivity contribution in [3.63, 3.8) is 0 Å². The van der Waals surface area contributed by atoms with Crippen molar-refractivity contribution in [1.29, 1.82) is 0 Å². The van der Waals surface area contributed by atoms with Crippen LogP contribution in [0, 0.1) is 17.8 Å². The maximum absolute atomic E-state index is 6.52. The van der Waals surface area contributed by atoms with Crippen molar-refractivity contribution < 1.29 is 9.13 Å². The molecular weight excluding hydrogens is 297 g/mol. The number of ether oxygens (including phenoxy) is 1. The molecule has 2 aromatic rings. The number of hydrogen-bond donors (Lipinski definition) is 0. The molecule has 5 heteroatoms. The standard InChI is InChI=1S/C19H21BN3O/c20-23-10-13-7-16(11-23)19(17(8-13)12-23)24-18-2-1-15(9-22-18)14-3-5-21-6-4-14/h1-6,9,13,16-17,19H,7-8,10-12H2/q+1. The summed E-state index contributed by atoms with van der Waals surface area (Å²) in [6.45, 7) is 3.29. The van der Waals surface area contributed by atoms with Crippen molar-refractivity contribution in [2.75, 3.05) is 19.6 Å². The van der Waals surface area contributed by atoms with Gasteiger partial charge in [-0.1, -0.05) is 0 Å². The normalized spacial score (nSPS) is 36.7. The van der Waals surface area contributed by atoms with Crippen molar-refractivity contribution in [3.8, 4) is 17.0 Å². The van der Waals surface area contributed by atoms with Crippen LogP contribution in [0.5, 0.6) is 5.88 Å². The molecule has 5 heterocycles. The zero-order valence-corrected chi connectivity index (χ0v) is 13.7. The molecule has 3 saturated heterocycles. The Balaban J connectivity index is 1.34. The predicted molar refractivity (Wildman–Crippen MR) is 92.2 cm³/mol. The molecule has 4 nitrogen and oxygen atoms in total. The van der Waals surface area contributed by atoms with E-state index in [0.717, 1.165) is 40.4 Å². The number of rotatable bonds is 3. The molecule has 4 bridgehead atoms. The monoisotopic (exact) mass is 318 g/mol. The third-order valence-electron chi connectivity index (χ3n) is 6.03. The highest BCUT2D eigenvalue weighted by Gasteiger charge is 2.55. The van der Waals surface area contributed by atoms with Gasteiger partial charge in [0.05, 0.1) is 19.6 Å². The molecule has 6 rings (SSSR count). The van der Waals surface area contributed by atoms with E-state index in [-0.39, 0.29) is 6.10 Å². The Labute approximate surface area is 143 Å². The van der Waals surface area contributed by atoms with Gasteiger partial charge >= 0.3 is 7.98 Å². The summed E-state index contributed by atoms with van der Waals surface area (Å²) in [5.74, 6) is 2.71. The van der Waals surface area contributed by atoms with Crippen LogP contribution in [-0.4, -0.2) is 48.1 Å². The van der Waals surface area contributed by atoms with Crippen LogP contribution in [-0.2, 0) is 0 Å². The average Bonchev–Trinajstić information content (AvgIpc) is 2.58. The second kappa shape index (κ2) is 5.31. The van der Waals surface area contributed by atoms with E-state index in [2.05, 4.69) is 16.0 Å². The zero-order valence-electron chi connectivity index (χ0n) is 13.7. The maximum atomic E-state index is 6.52. The summed E-state index contributed by atoms with van der Waals surface area (Å²) in [7, 11) is 6.52. The van der Waals surface area contributed by atoms with Gasteiger partial charge in [0, 0.05) is 48.0 Å². The molecule has 24 heavy (non-hydrogen) atoms. The Morgan fingerprint density at radius 1 is 0.958 bits per heavy atom. The molecule has 0 spiro atoms. The Hall–Kier alpha value is -1.88. The van der Waals surface area contributed by atoms with E-state index in [1.165, 1.54) is 19.4 Å². The summed E-state index contributed by atoms with van der Waals surface area (Å²) < 4.78 is 7.11. The van der Waals surface area contributed by atoms with E-state index < -0.39 is 0 Å². The first-order chi connectivity index (χ1) is 11.7. The molecule has 1 saturated carbocycles. The van der Waals surface area contributed by atoms with Gasteiger partial charge < -0.3 is 9.13 Å². The Morgan fingerprint density at radius 3 is 2.33 bits per heavy atom. The van der Waals surface area contributed by atoms with Crippen molar-refractivity contribution >= 4 is 7.98 Å². The van der Waals surface area contributed by atoms with Gasteiger partial charge in [0.15, 0.2) is 0 Å². The van der Waals surface area contributed by atoms with Gasteiger partial charge in [0.25, 0.3) is 0 Å². The smallest absolute Gasteiger partial charge is 0.473 e. The average molecular weight is 318 g/mol. The maximum Gasteiger partial charge on any atom is 0.481 e. The van der Waals surface area contributed by atoms with Crippen LogP contribution in [0.3, 0.4) is 0 Å². The van der Waals surface area contributed by atoms with Crippen molar-refractivity contribution in [2.45, 2.75) is 18.9 Å². The topological polar surface area (TPSA) is 35.0 Å². The molecule has 0 amide bonds. The third-order valence-corrected chi connectivity index (χ3v) is 6.03. The van der Waals surface area contributed by atoms with Gasteiger partial charge in [0.1, 0.15) is 6.10 Å². The second-order valence-corrected chi connectivity index (χ2v) is 7.83. The number of nitrogens with zero attached hydrogens (tertiary/aromatic N) is 3. The molecule has 3 aliphatic heterocycles. The predicted octanol–water partition coefficient (Wildman–Crippen LogP) is 2.46. The molecule has 2 aromatic heterocycles. The van der Waals surface area contributed by atoms with Crippen LogP contribution in [0.25, 0.3) is 11.1 Å². The summed E-state index contributed by atoms with van der Waals surface area (Å²) in [6, 6.07) is 8.06. The van der Waals surface area contributed by atoms with E-state index in [0.29, 0.717) is 11.8 Å². The van der Waals surface area contributed by atoms with Gasteiger partial charge in [-0.2, -0.15) is 0 Å². The lowest BCUT2D eigenvalue weighted by Crippen LogP contribution is -2.70. The second-order valence-electron chi connectivity index (χ2n) is 7.83. The molecule has 2 unspecified atom stereocenters. The highest BCUT2D eigenvalue weighted by atomic mass is 16.5. The van der Waals surface area contributed by atoms with Gasteiger partial charge in [-0.3, -0.25) is 4.98 Å². The van der Waals surface area contributed by atoms with Gasteiger partial charge in [-0.15, -0.1) is 0 Å². The fourth-order valence-electron chi connectivity index (χ4n) is 5.28. The first-order valence-electron chi connectivity index (χ1n) is 8.86. The molecule has 120 valence electrons. The first kappa shape index (κ1) is 14.5. The lowest BCUT2D eigenvalue weighted by Gasteiger charge is -2.59. The van der Waals surface area contributed by atoms with Crippen LogP contribution in [0.4, 0.5) is 0 Å². The minimum Gasteiger partial charge on any atom is -0.473 e. The van der Waals surface area contributed by atoms with Crippen LogP contribution in [0.2, 0.25) is 0 Å². The fraction of sp³-hybridized carbons (Fsp3) is 0.474. The largest absolute Gasteiger partial charge is 0.481 e. The Kier molecular flexibility index (Phi) is 3.20. The first-order valence-corrected chi connectivity index (χ1v) is 8.86. The lowest BCUT2D eigenvalue weighted by atomic mass is 9.63. The highest BCUT2D eigenvalue weighted by molar-refractivity contribution is 5.97. The van der Waals surface area contributed by atoms with Crippen LogP contribution in [0.15, 0.2) is 42.9 Å². The van der Waals surface area contributed by atoms with Crippen LogP contribution in [0.1, 0.15) is 12.8 Å². The quantitative estimate of drug-likeness (QED) is 0.816. The highest BCUT2D eigenvalue weighted by Crippen LogP contribution is 2.47. The summed E-state index contributed by atoms with van der Waals surface area (Å²) >= 11 is 0. The van der Waals surface area contributed by atoms with E-state index in [9.17, 15) is 0 Å². The minimum atomic E-state index is 0.288. The fourth-order valence-corrected chi connectivity index (χ4v) is 5.28. The SMILES string of the molecule is [B][N+]12CC3CC(C1)C(Oc1ccc(-c4ccncc4)cn1)C(C3)C2. The van der Waals surface area contributed by atoms with Gasteiger partial charge in [-0.25, -0.2) is 4.98 Å². The summed E-state index contributed by atoms with van der Waals surface area (Å²) in [6.07, 6.45) is 8.32. The molecule has 4 fully saturated rings. The molecule has 0 aromatic carbocycles. The van der Waals surface area contributed by atoms with Crippen LogP contribution >= 0.6 is 0 Å². The van der Waals surface area contributed by atoms with E-state index in [4.69, 9.17) is 12.7 Å². The van der Waals surface area contributed by atoms with Crippen molar-refractivity contribution in [1.82, 2.24) is 9.97 Å². The Morgan fingerprint density at radius 2 is 1.71 bits per heavy atom. The number of quaternary nitrogens is 1. The molecule has 2 atom stereocenters. The zero-order chi connectivity index (χ0) is 16.1. The lowest BCUT2D eigenvalue weighted by molar-refractivity contribution is -0.852. The minimum absolute atomic E-state index is 0.288. The van der Waals surface area contributed by atoms with E-state index in [1.54, 1.807) is 12.4 Å². The number of hydrogen-bond acceptors (Lipinski definition) is 3. The number of aromatic nitrogens is 2. The number of piperidine rings is 3.